The summed E-state index contributed by atoms with van der Waals surface area (Å²) in [5.74, 6) is -1.04. The molecule has 0 fully saturated rings. The van der Waals surface area contributed by atoms with Gasteiger partial charge in [-0.15, -0.1) is 0 Å². The highest BCUT2D eigenvalue weighted by atomic mass is 16.4. The van der Waals surface area contributed by atoms with Crippen molar-refractivity contribution in [3.05, 3.63) is 58.1 Å². The van der Waals surface area contributed by atoms with Crippen molar-refractivity contribution in [3.8, 4) is 11.1 Å². The molecular weight excluding hydrogens is 292 g/mol. The fraction of sp³-hybridized carbons (Fsp3) is 0.222. The summed E-state index contributed by atoms with van der Waals surface area (Å²) in [5, 5.41) is 10.0. The van der Waals surface area contributed by atoms with Gasteiger partial charge in [0.25, 0.3) is 5.56 Å². The lowest BCUT2D eigenvalue weighted by Gasteiger charge is -2.11. The van der Waals surface area contributed by atoms with Gasteiger partial charge in [-0.2, -0.15) is 0 Å². The van der Waals surface area contributed by atoms with E-state index in [0.717, 1.165) is 23.1 Å². The van der Waals surface area contributed by atoms with Gasteiger partial charge in [0.1, 0.15) is 11.2 Å². The minimum absolute atomic E-state index is 0.110. The van der Waals surface area contributed by atoms with E-state index in [-0.39, 0.29) is 11.3 Å². The summed E-state index contributed by atoms with van der Waals surface area (Å²) < 4.78 is 2.97. The van der Waals surface area contributed by atoms with Crippen molar-refractivity contribution in [1.29, 1.82) is 0 Å². The predicted molar refractivity (Wildman–Crippen MR) is 89.9 cm³/mol. The Balaban J connectivity index is 2.47. The Morgan fingerprint density at radius 2 is 1.87 bits per heavy atom. The Morgan fingerprint density at radius 1 is 1.17 bits per heavy atom. The first-order valence-electron chi connectivity index (χ1n) is 7.46. The number of aromatic carboxylic acids is 1. The van der Waals surface area contributed by atoms with E-state index >= 15 is 0 Å². The van der Waals surface area contributed by atoms with Crippen molar-refractivity contribution < 1.29 is 9.90 Å². The number of carboxylic acids is 1. The van der Waals surface area contributed by atoms with E-state index in [1.54, 1.807) is 26.4 Å². The topological polar surface area (TPSA) is 64.2 Å². The molecule has 0 amide bonds. The Morgan fingerprint density at radius 3 is 2.52 bits per heavy atom. The van der Waals surface area contributed by atoms with Crippen LogP contribution in [0.1, 0.15) is 23.0 Å². The van der Waals surface area contributed by atoms with E-state index < -0.39 is 5.97 Å². The van der Waals surface area contributed by atoms with Crippen LogP contribution in [0, 0.1) is 0 Å². The van der Waals surface area contributed by atoms with Crippen LogP contribution >= 0.6 is 0 Å². The lowest BCUT2D eigenvalue weighted by atomic mass is 9.97. The average Bonchev–Trinajstić information content (AvgIpc) is 2.89. The van der Waals surface area contributed by atoms with E-state index in [4.69, 9.17) is 0 Å². The number of carbonyl (C=O) groups is 1. The molecule has 118 valence electrons. The molecule has 5 heteroatoms. The zero-order valence-corrected chi connectivity index (χ0v) is 13.3. The molecule has 2 heterocycles. The van der Waals surface area contributed by atoms with Gasteiger partial charge in [0.15, 0.2) is 0 Å². The standard InChI is InChI=1S/C18H18N2O3/c1-4-11-7-5-6-8-12(11)14-10-19(2)17(21)16-13(14)9-15(18(22)23)20(16)3/h5-10H,4H2,1-3H3,(H,22,23). The monoisotopic (exact) mass is 310 g/mol. The van der Waals surface area contributed by atoms with E-state index in [2.05, 4.69) is 6.92 Å². The van der Waals surface area contributed by atoms with Crippen molar-refractivity contribution >= 4 is 16.9 Å². The van der Waals surface area contributed by atoms with Crippen LogP contribution in [0.2, 0.25) is 0 Å². The number of aryl methyl sites for hydroxylation is 3. The maximum atomic E-state index is 12.5. The number of rotatable bonds is 3. The van der Waals surface area contributed by atoms with Crippen molar-refractivity contribution in [2.75, 3.05) is 0 Å². The molecule has 1 N–H and O–H groups in total. The number of aromatic nitrogens is 2. The quantitative estimate of drug-likeness (QED) is 0.809. The number of hydrogen-bond acceptors (Lipinski definition) is 2. The van der Waals surface area contributed by atoms with Gasteiger partial charge in [0.2, 0.25) is 0 Å². The van der Waals surface area contributed by atoms with Crippen LogP contribution in [0.5, 0.6) is 0 Å². The Kier molecular flexibility index (Phi) is 3.56. The van der Waals surface area contributed by atoms with Crippen LogP contribution in [-0.4, -0.2) is 20.2 Å². The molecule has 0 saturated heterocycles. The average molecular weight is 310 g/mol. The van der Waals surface area contributed by atoms with Crippen molar-refractivity contribution in [2.24, 2.45) is 14.1 Å². The highest BCUT2D eigenvalue weighted by Gasteiger charge is 2.19. The molecule has 0 aliphatic heterocycles. The van der Waals surface area contributed by atoms with Gasteiger partial charge in [0.05, 0.1) is 0 Å². The molecule has 1 aromatic carbocycles. The van der Waals surface area contributed by atoms with E-state index in [9.17, 15) is 14.7 Å². The molecule has 0 aliphatic carbocycles. The molecule has 0 atom stereocenters. The summed E-state index contributed by atoms with van der Waals surface area (Å²) in [6.45, 7) is 2.08. The van der Waals surface area contributed by atoms with Crippen molar-refractivity contribution in [1.82, 2.24) is 9.13 Å². The third-order valence-electron chi connectivity index (χ3n) is 4.28. The summed E-state index contributed by atoms with van der Waals surface area (Å²) in [7, 11) is 3.30. The van der Waals surface area contributed by atoms with Gasteiger partial charge in [-0.1, -0.05) is 31.2 Å². The van der Waals surface area contributed by atoms with Crippen LogP contribution < -0.4 is 5.56 Å². The first-order valence-corrected chi connectivity index (χ1v) is 7.46. The molecule has 0 saturated carbocycles. The molecule has 3 aromatic rings. The van der Waals surface area contributed by atoms with Crippen LogP contribution in [0.25, 0.3) is 22.0 Å². The number of pyridine rings is 1. The van der Waals surface area contributed by atoms with Gasteiger partial charge in [-0.3, -0.25) is 4.79 Å². The van der Waals surface area contributed by atoms with Gasteiger partial charge in [-0.05, 0) is 23.6 Å². The first kappa shape index (κ1) is 15.1. The Bertz CT molecular complexity index is 980. The maximum absolute atomic E-state index is 12.5. The summed E-state index contributed by atoms with van der Waals surface area (Å²) >= 11 is 0. The normalized spacial score (nSPS) is 11.1. The molecule has 0 unspecified atom stereocenters. The lowest BCUT2D eigenvalue weighted by molar-refractivity contribution is 0.0687. The minimum Gasteiger partial charge on any atom is -0.477 e. The smallest absolute Gasteiger partial charge is 0.352 e. The second kappa shape index (κ2) is 5.43. The van der Waals surface area contributed by atoms with E-state index in [1.807, 2.05) is 24.3 Å². The molecule has 5 nitrogen and oxygen atoms in total. The molecule has 3 rings (SSSR count). The highest BCUT2D eigenvalue weighted by Crippen LogP contribution is 2.31. The fourth-order valence-electron chi connectivity index (χ4n) is 3.07. The number of hydrogen-bond donors (Lipinski definition) is 1. The summed E-state index contributed by atoms with van der Waals surface area (Å²) in [4.78, 5) is 23.9. The lowest BCUT2D eigenvalue weighted by Crippen LogP contribution is -2.19. The fourth-order valence-corrected chi connectivity index (χ4v) is 3.07. The Hall–Kier alpha value is -2.82. The zero-order valence-electron chi connectivity index (χ0n) is 13.3. The zero-order chi connectivity index (χ0) is 16.7. The van der Waals surface area contributed by atoms with E-state index in [0.29, 0.717) is 10.9 Å². The number of carboxylic acid groups (broad SMARTS) is 1. The van der Waals surface area contributed by atoms with Crippen LogP contribution in [0.3, 0.4) is 0 Å². The SMILES string of the molecule is CCc1ccccc1-c1cn(C)c(=O)c2c1cc(C(=O)O)n2C. The van der Waals surface area contributed by atoms with Crippen molar-refractivity contribution in [3.63, 3.8) is 0 Å². The largest absolute Gasteiger partial charge is 0.477 e. The molecular formula is C18H18N2O3. The molecule has 0 radical (unpaired) electrons. The van der Waals surface area contributed by atoms with Crippen LogP contribution in [-0.2, 0) is 20.5 Å². The van der Waals surface area contributed by atoms with Gasteiger partial charge in [0, 0.05) is 31.2 Å². The predicted octanol–water partition coefficient (Wildman–Crippen LogP) is 2.80. The Labute approximate surface area is 133 Å². The maximum Gasteiger partial charge on any atom is 0.352 e. The summed E-state index contributed by atoms with van der Waals surface area (Å²) in [5.41, 5.74) is 3.38. The first-order chi connectivity index (χ1) is 11.0. The van der Waals surface area contributed by atoms with Crippen LogP contribution in [0.4, 0.5) is 0 Å². The van der Waals surface area contributed by atoms with Gasteiger partial charge >= 0.3 is 5.97 Å². The number of fused-ring (bicyclic) bond motifs is 1. The molecule has 2 aromatic heterocycles. The van der Waals surface area contributed by atoms with Gasteiger partial charge < -0.3 is 14.2 Å². The van der Waals surface area contributed by atoms with Gasteiger partial charge in [-0.25, -0.2) is 4.79 Å². The van der Waals surface area contributed by atoms with E-state index in [1.165, 1.54) is 9.13 Å². The molecule has 0 bridgehead atoms. The third kappa shape index (κ3) is 2.25. The van der Waals surface area contributed by atoms with Crippen LogP contribution in [0.15, 0.2) is 41.3 Å². The number of nitrogens with zero attached hydrogens (tertiary/aromatic N) is 2. The summed E-state index contributed by atoms with van der Waals surface area (Å²) in [6.07, 6.45) is 2.64. The number of benzene rings is 1. The molecule has 0 aliphatic rings. The van der Waals surface area contributed by atoms with Crippen molar-refractivity contribution in [2.45, 2.75) is 13.3 Å². The molecule has 0 spiro atoms. The second-order valence-electron chi connectivity index (χ2n) is 5.63. The summed E-state index contributed by atoms with van der Waals surface area (Å²) in [6, 6.07) is 9.57. The second-order valence-corrected chi connectivity index (χ2v) is 5.63. The minimum atomic E-state index is -1.04. The third-order valence-corrected chi connectivity index (χ3v) is 4.28. The highest BCUT2D eigenvalue weighted by molar-refractivity contribution is 6.01. The molecule has 23 heavy (non-hydrogen) atoms.